The van der Waals surface area contributed by atoms with Crippen LogP contribution in [0.15, 0.2) is 30.3 Å². The zero-order chi connectivity index (χ0) is 16.4. The topological polar surface area (TPSA) is 42.0 Å². The molecule has 0 N–H and O–H groups in total. The van der Waals surface area contributed by atoms with Crippen LogP contribution in [0.2, 0.25) is 0 Å². The summed E-state index contributed by atoms with van der Waals surface area (Å²) in [6, 6.07) is 10.6. The maximum Gasteiger partial charge on any atom is 0.248 e. The van der Waals surface area contributed by atoms with Gasteiger partial charge in [0.1, 0.15) is 0 Å². The van der Waals surface area contributed by atoms with Gasteiger partial charge in [0.25, 0.3) is 0 Å². The number of likely N-dealkylation sites (tertiary alicyclic amines) is 1. The van der Waals surface area contributed by atoms with Gasteiger partial charge in [0.2, 0.25) is 5.91 Å². The quantitative estimate of drug-likeness (QED) is 0.849. The van der Waals surface area contributed by atoms with E-state index in [0.717, 1.165) is 45.4 Å². The first kappa shape index (κ1) is 16.1. The molecule has 1 aromatic rings. The van der Waals surface area contributed by atoms with E-state index < -0.39 is 0 Å². The van der Waals surface area contributed by atoms with Gasteiger partial charge in [-0.05, 0) is 24.8 Å². The van der Waals surface area contributed by atoms with Crippen LogP contribution in [0.25, 0.3) is 0 Å². The largest absolute Gasteiger partial charge is 0.373 e. The Hall–Kier alpha value is -1.43. The Balaban J connectivity index is 1.24. The molecule has 1 aromatic carbocycles. The van der Waals surface area contributed by atoms with Crippen LogP contribution in [0.5, 0.6) is 0 Å². The fourth-order valence-corrected chi connectivity index (χ4v) is 4.14. The van der Waals surface area contributed by atoms with Crippen LogP contribution in [0, 0.1) is 5.92 Å². The standard InChI is InChI=1S/C19H26N2O3/c22-19(21-8-4-5-9-23-21)11-17-10-16-13-20(14-18(16)24-17)12-15-6-2-1-3-7-15/h1-3,6-7,16-18H,4-5,8-14H2/t16-,17-,18-/m1/s1. The van der Waals surface area contributed by atoms with Crippen LogP contribution in [0.4, 0.5) is 0 Å². The van der Waals surface area contributed by atoms with Crippen molar-refractivity contribution in [2.24, 2.45) is 5.92 Å². The molecule has 5 heteroatoms. The molecular weight excluding hydrogens is 304 g/mol. The molecule has 130 valence electrons. The van der Waals surface area contributed by atoms with Crippen LogP contribution in [-0.4, -0.2) is 54.3 Å². The molecule has 0 unspecified atom stereocenters. The molecule has 24 heavy (non-hydrogen) atoms. The molecule has 3 atom stereocenters. The number of amides is 1. The van der Waals surface area contributed by atoms with Gasteiger partial charge in [-0.3, -0.25) is 14.5 Å². The number of ether oxygens (including phenoxy) is 1. The Morgan fingerprint density at radius 3 is 2.79 bits per heavy atom. The molecule has 3 aliphatic heterocycles. The molecule has 1 amide bonds. The second-order valence-corrected chi connectivity index (χ2v) is 7.21. The lowest BCUT2D eigenvalue weighted by molar-refractivity contribution is -0.199. The van der Waals surface area contributed by atoms with Gasteiger partial charge in [0.05, 0.1) is 25.2 Å². The van der Waals surface area contributed by atoms with Gasteiger partial charge in [0.15, 0.2) is 0 Å². The Morgan fingerprint density at radius 1 is 1.17 bits per heavy atom. The minimum Gasteiger partial charge on any atom is -0.373 e. The van der Waals surface area contributed by atoms with Crippen molar-refractivity contribution in [3.05, 3.63) is 35.9 Å². The molecule has 3 saturated heterocycles. The third kappa shape index (κ3) is 3.63. The molecule has 3 heterocycles. The lowest BCUT2D eigenvalue weighted by atomic mass is 10.0. The fourth-order valence-electron chi connectivity index (χ4n) is 4.14. The molecule has 3 fully saturated rings. The Kier molecular flexibility index (Phi) is 4.83. The van der Waals surface area contributed by atoms with E-state index in [2.05, 4.69) is 35.2 Å². The van der Waals surface area contributed by atoms with E-state index in [-0.39, 0.29) is 18.1 Å². The van der Waals surface area contributed by atoms with E-state index >= 15 is 0 Å². The predicted molar refractivity (Wildman–Crippen MR) is 90.0 cm³/mol. The summed E-state index contributed by atoms with van der Waals surface area (Å²) in [6.45, 7) is 4.43. The molecule has 4 rings (SSSR count). The maximum atomic E-state index is 12.3. The Labute approximate surface area is 143 Å². The monoisotopic (exact) mass is 330 g/mol. The van der Waals surface area contributed by atoms with Crippen LogP contribution in [0.3, 0.4) is 0 Å². The summed E-state index contributed by atoms with van der Waals surface area (Å²) in [4.78, 5) is 20.2. The molecule has 0 spiro atoms. The van der Waals surface area contributed by atoms with E-state index in [1.807, 2.05) is 0 Å². The highest BCUT2D eigenvalue weighted by Crippen LogP contribution is 2.35. The second-order valence-electron chi connectivity index (χ2n) is 7.21. The van der Waals surface area contributed by atoms with Gasteiger partial charge in [-0.1, -0.05) is 30.3 Å². The van der Waals surface area contributed by atoms with E-state index in [1.165, 1.54) is 5.56 Å². The van der Waals surface area contributed by atoms with E-state index in [4.69, 9.17) is 9.57 Å². The summed E-state index contributed by atoms with van der Waals surface area (Å²) in [5.74, 6) is 0.648. The molecule has 0 saturated carbocycles. The van der Waals surface area contributed by atoms with Crippen molar-refractivity contribution in [2.45, 2.75) is 44.4 Å². The summed E-state index contributed by atoms with van der Waals surface area (Å²) >= 11 is 0. The smallest absolute Gasteiger partial charge is 0.248 e. The third-order valence-corrected chi connectivity index (χ3v) is 5.32. The van der Waals surface area contributed by atoms with Crippen molar-refractivity contribution in [3.8, 4) is 0 Å². The molecule has 0 radical (unpaired) electrons. The predicted octanol–water partition coefficient (Wildman–Crippen LogP) is 2.22. The van der Waals surface area contributed by atoms with Gasteiger partial charge in [-0.2, -0.15) is 0 Å². The molecule has 3 aliphatic rings. The summed E-state index contributed by atoms with van der Waals surface area (Å²) in [5, 5.41) is 1.54. The van der Waals surface area contributed by atoms with Crippen molar-refractivity contribution >= 4 is 5.91 Å². The first-order valence-corrected chi connectivity index (χ1v) is 9.13. The average Bonchev–Trinajstić information content (AvgIpc) is 3.14. The number of hydrogen-bond acceptors (Lipinski definition) is 4. The maximum absolute atomic E-state index is 12.3. The number of fused-ring (bicyclic) bond motifs is 1. The zero-order valence-corrected chi connectivity index (χ0v) is 14.1. The first-order valence-electron chi connectivity index (χ1n) is 9.13. The first-order chi connectivity index (χ1) is 11.8. The average molecular weight is 330 g/mol. The minimum absolute atomic E-state index is 0.0666. The zero-order valence-electron chi connectivity index (χ0n) is 14.1. The second kappa shape index (κ2) is 7.21. The summed E-state index contributed by atoms with van der Waals surface area (Å²) < 4.78 is 6.17. The molecule has 0 aliphatic carbocycles. The minimum atomic E-state index is 0.0666. The van der Waals surface area contributed by atoms with Crippen molar-refractivity contribution in [2.75, 3.05) is 26.2 Å². The SMILES string of the molecule is O=C(C[C@H]1C[C@@H]2CN(Cc3ccccc3)C[C@H]2O1)N1CCCCO1. The molecule has 0 bridgehead atoms. The third-order valence-electron chi connectivity index (χ3n) is 5.32. The lowest BCUT2D eigenvalue weighted by Crippen LogP contribution is -2.37. The number of nitrogens with zero attached hydrogens (tertiary/aromatic N) is 2. The lowest BCUT2D eigenvalue weighted by Gasteiger charge is -2.27. The van der Waals surface area contributed by atoms with Crippen LogP contribution < -0.4 is 0 Å². The van der Waals surface area contributed by atoms with Gasteiger partial charge >= 0.3 is 0 Å². The molecule has 0 aromatic heterocycles. The number of hydrogen-bond donors (Lipinski definition) is 0. The van der Waals surface area contributed by atoms with Gasteiger partial charge in [0, 0.05) is 32.1 Å². The number of carbonyl (C=O) groups excluding carboxylic acids is 1. The highest BCUT2D eigenvalue weighted by molar-refractivity contribution is 5.75. The Morgan fingerprint density at radius 2 is 2.04 bits per heavy atom. The molecular formula is C19H26N2O3. The van der Waals surface area contributed by atoms with Gasteiger partial charge in [-0.15, -0.1) is 0 Å². The van der Waals surface area contributed by atoms with Crippen LogP contribution in [-0.2, 0) is 20.9 Å². The number of benzene rings is 1. The summed E-state index contributed by atoms with van der Waals surface area (Å²) in [6.07, 6.45) is 3.90. The van der Waals surface area contributed by atoms with Crippen LogP contribution in [0.1, 0.15) is 31.2 Å². The number of carbonyl (C=O) groups is 1. The molecule has 5 nitrogen and oxygen atoms in total. The summed E-state index contributed by atoms with van der Waals surface area (Å²) in [5.41, 5.74) is 1.35. The summed E-state index contributed by atoms with van der Waals surface area (Å²) in [7, 11) is 0. The van der Waals surface area contributed by atoms with Gasteiger partial charge in [-0.25, -0.2) is 5.06 Å². The van der Waals surface area contributed by atoms with Gasteiger partial charge < -0.3 is 4.74 Å². The van der Waals surface area contributed by atoms with Crippen molar-refractivity contribution in [1.82, 2.24) is 9.96 Å². The van der Waals surface area contributed by atoms with E-state index in [0.29, 0.717) is 18.9 Å². The van der Waals surface area contributed by atoms with E-state index in [9.17, 15) is 4.79 Å². The van der Waals surface area contributed by atoms with Crippen molar-refractivity contribution in [1.29, 1.82) is 0 Å². The Bertz CT molecular complexity index is 545. The van der Waals surface area contributed by atoms with Crippen molar-refractivity contribution in [3.63, 3.8) is 0 Å². The number of rotatable bonds is 4. The van der Waals surface area contributed by atoms with Crippen LogP contribution >= 0.6 is 0 Å². The van der Waals surface area contributed by atoms with Crippen molar-refractivity contribution < 1.29 is 14.4 Å². The fraction of sp³-hybridized carbons (Fsp3) is 0.632. The number of hydroxylamine groups is 2. The normalized spacial score (nSPS) is 30.5. The highest BCUT2D eigenvalue weighted by Gasteiger charge is 2.42. The highest BCUT2D eigenvalue weighted by atomic mass is 16.7. The van der Waals surface area contributed by atoms with E-state index in [1.54, 1.807) is 5.06 Å².